The highest BCUT2D eigenvalue weighted by Crippen LogP contribution is 2.20. The number of esters is 3. The van der Waals surface area contributed by atoms with Gasteiger partial charge >= 0.3 is 17.9 Å². The molecular formula is C12H22N2O6. The van der Waals surface area contributed by atoms with Crippen LogP contribution in [0.5, 0.6) is 0 Å². The minimum Gasteiger partial charge on any atom is -0.468 e. The highest BCUT2D eigenvalue weighted by molar-refractivity contribution is 5.75. The van der Waals surface area contributed by atoms with Crippen molar-refractivity contribution in [2.75, 3.05) is 20.3 Å². The van der Waals surface area contributed by atoms with Gasteiger partial charge in [0, 0.05) is 20.4 Å². The van der Waals surface area contributed by atoms with Crippen molar-refractivity contribution in [3.05, 3.63) is 0 Å². The minimum absolute atomic E-state index is 0.0618. The van der Waals surface area contributed by atoms with Crippen molar-refractivity contribution in [2.24, 2.45) is 11.5 Å². The largest absolute Gasteiger partial charge is 0.468 e. The molecule has 2 atom stereocenters. The zero-order valence-electron chi connectivity index (χ0n) is 12.0. The number of carbonyl (C=O) groups is 3. The van der Waals surface area contributed by atoms with Gasteiger partial charge in [-0.25, -0.2) is 0 Å². The Bertz CT molecular complexity index is 360. The molecule has 0 fully saturated rings. The summed E-state index contributed by atoms with van der Waals surface area (Å²) in [6, 6.07) is -0.862. The molecule has 4 N–H and O–H groups in total. The van der Waals surface area contributed by atoms with E-state index in [0.717, 1.165) is 0 Å². The number of methoxy groups -OCH3 is 1. The van der Waals surface area contributed by atoms with Crippen molar-refractivity contribution in [3.63, 3.8) is 0 Å². The predicted octanol–water partition coefficient (Wildman–Crippen LogP) is -0.909. The second kappa shape index (κ2) is 8.49. The molecular weight excluding hydrogens is 268 g/mol. The lowest BCUT2D eigenvalue weighted by molar-refractivity contribution is -0.170. The Labute approximate surface area is 117 Å². The zero-order chi connectivity index (χ0) is 15.8. The highest BCUT2D eigenvalue weighted by Gasteiger charge is 2.35. The van der Waals surface area contributed by atoms with Crippen LogP contribution in [0.25, 0.3) is 0 Å². The molecule has 0 amide bonds. The maximum Gasteiger partial charge on any atom is 0.322 e. The maximum absolute atomic E-state index is 11.2. The van der Waals surface area contributed by atoms with E-state index < -0.39 is 29.6 Å². The molecule has 20 heavy (non-hydrogen) atoms. The Hall–Kier alpha value is -1.67. The Morgan fingerprint density at radius 3 is 2.20 bits per heavy atom. The summed E-state index contributed by atoms with van der Waals surface area (Å²) < 4.78 is 14.5. The predicted molar refractivity (Wildman–Crippen MR) is 69.4 cm³/mol. The van der Waals surface area contributed by atoms with Crippen LogP contribution in [-0.2, 0) is 28.6 Å². The first-order valence-corrected chi connectivity index (χ1v) is 6.12. The van der Waals surface area contributed by atoms with Gasteiger partial charge in [-0.05, 0) is 12.8 Å². The average molecular weight is 290 g/mol. The SMILES string of the molecule is COC(=O)C(N)CCC(CN)(COC(C)=O)OC(C)=O. The summed E-state index contributed by atoms with van der Waals surface area (Å²) in [5, 5.41) is 0. The molecule has 0 aromatic rings. The van der Waals surface area contributed by atoms with Crippen molar-refractivity contribution >= 4 is 17.9 Å². The second-order valence-corrected chi connectivity index (χ2v) is 4.43. The first-order chi connectivity index (χ1) is 9.26. The molecule has 0 spiro atoms. The van der Waals surface area contributed by atoms with Gasteiger partial charge in [-0.1, -0.05) is 0 Å². The summed E-state index contributed by atoms with van der Waals surface area (Å²) in [4.78, 5) is 33.3. The van der Waals surface area contributed by atoms with E-state index in [-0.39, 0.29) is 26.0 Å². The molecule has 0 heterocycles. The first-order valence-electron chi connectivity index (χ1n) is 6.12. The fraction of sp³-hybridized carbons (Fsp3) is 0.750. The topological polar surface area (TPSA) is 131 Å². The summed E-state index contributed by atoms with van der Waals surface area (Å²) in [5.74, 6) is -1.66. The Kier molecular flexibility index (Phi) is 7.78. The number of nitrogens with two attached hydrogens (primary N) is 2. The van der Waals surface area contributed by atoms with Crippen LogP contribution >= 0.6 is 0 Å². The van der Waals surface area contributed by atoms with Gasteiger partial charge in [-0.15, -0.1) is 0 Å². The van der Waals surface area contributed by atoms with Crippen molar-refractivity contribution in [1.82, 2.24) is 0 Å². The van der Waals surface area contributed by atoms with Crippen LogP contribution in [0.4, 0.5) is 0 Å². The molecule has 0 saturated carbocycles. The molecule has 0 aliphatic heterocycles. The molecule has 0 aromatic heterocycles. The Morgan fingerprint density at radius 2 is 1.80 bits per heavy atom. The van der Waals surface area contributed by atoms with Crippen LogP contribution in [0.1, 0.15) is 26.7 Å². The third-order valence-corrected chi connectivity index (χ3v) is 2.69. The molecule has 0 bridgehead atoms. The van der Waals surface area contributed by atoms with E-state index in [1.54, 1.807) is 0 Å². The number of carbonyl (C=O) groups excluding carboxylic acids is 3. The van der Waals surface area contributed by atoms with Gasteiger partial charge in [-0.2, -0.15) is 0 Å². The molecule has 0 aliphatic carbocycles. The highest BCUT2D eigenvalue weighted by atomic mass is 16.6. The molecule has 0 radical (unpaired) electrons. The third kappa shape index (κ3) is 6.48. The summed E-state index contributed by atoms with van der Waals surface area (Å²) in [7, 11) is 1.23. The fourth-order valence-electron chi connectivity index (χ4n) is 1.58. The van der Waals surface area contributed by atoms with Crippen LogP contribution in [0.3, 0.4) is 0 Å². The first kappa shape index (κ1) is 18.3. The lowest BCUT2D eigenvalue weighted by atomic mass is 9.95. The van der Waals surface area contributed by atoms with Crippen molar-refractivity contribution < 1.29 is 28.6 Å². The minimum atomic E-state index is -1.19. The van der Waals surface area contributed by atoms with Crippen LogP contribution < -0.4 is 11.5 Å². The number of rotatable bonds is 8. The lowest BCUT2D eigenvalue weighted by Gasteiger charge is -2.31. The van der Waals surface area contributed by atoms with Gasteiger partial charge in [0.25, 0.3) is 0 Å². The van der Waals surface area contributed by atoms with Crippen LogP contribution in [-0.4, -0.2) is 49.8 Å². The molecule has 0 aromatic carbocycles. The van der Waals surface area contributed by atoms with Crippen molar-refractivity contribution in [1.29, 1.82) is 0 Å². The van der Waals surface area contributed by atoms with Gasteiger partial charge in [0.2, 0.25) is 0 Å². The van der Waals surface area contributed by atoms with E-state index in [4.69, 9.17) is 20.9 Å². The van der Waals surface area contributed by atoms with Gasteiger partial charge in [0.05, 0.1) is 7.11 Å². The van der Waals surface area contributed by atoms with Crippen LogP contribution in [0.15, 0.2) is 0 Å². The number of ether oxygens (including phenoxy) is 3. The summed E-state index contributed by atoms with van der Waals surface area (Å²) in [6.07, 6.45) is 0.352. The maximum atomic E-state index is 11.2. The Morgan fingerprint density at radius 1 is 1.20 bits per heavy atom. The van der Waals surface area contributed by atoms with Gasteiger partial charge in [0.15, 0.2) is 5.60 Å². The van der Waals surface area contributed by atoms with E-state index in [1.807, 2.05) is 0 Å². The van der Waals surface area contributed by atoms with Crippen molar-refractivity contribution in [2.45, 2.75) is 38.3 Å². The number of hydrogen-bond acceptors (Lipinski definition) is 8. The molecule has 0 saturated heterocycles. The number of hydrogen-bond donors (Lipinski definition) is 2. The smallest absolute Gasteiger partial charge is 0.322 e. The average Bonchev–Trinajstić information content (AvgIpc) is 2.40. The summed E-state index contributed by atoms with van der Waals surface area (Å²) >= 11 is 0. The zero-order valence-corrected chi connectivity index (χ0v) is 12.0. The van der Waals surface area contributed by atoms with Gasteiger partial charge < -0.3 is 25.7 Å². The Balaban J connectivity index is 4.77. The van der Waals surface area contributed by atoms with E-state index in [9.17, 15) is 14.4 Å². The monoisotopic (exact) mass is 290 g/mol. The molecule has 8 heteroatoms. The van der Waals surface area contributed by atoms with E-state index in [0.29, 0.717) is 0 Å². The lowest BCUT2D eigenvalue weighted by Crippen LogP contribution is -2.48. The molecule has 8 nitrogen and oxygen atoms in total. The third-order valence-electron chi connectivity index (χ3n) is 2.69. The van der Waals surface area contributed by atoms with Crippen LogP contribution in [0, 0.1) is 0 Å². The van der Waals surface area contributed by atoms with Crippen molar-refractivity contribution in [3.8, 4) is 0 Å². The summed E-state index contributed by atoms with van der Waals surface area (Å²) in [6.45, 7) is 2.20. The normalized spacial score (nSPS) is 14.8. The van der Waals surface area contributed by atoms with Gasteiger partial charge in [-0.3, -0.25) is 14.4 Å². The second-order valence-electron chi connectivity index (χ2n) is 4.43. The molecule has 2 unspecified atom stereocenters. The molecule has 0 aliphatic rings. The molecule has 116 valence electrons. The van der Waals surface area contributed by atoms with E-state index in [1.165, 1.54) is 21.0 Å². The van der Waals surface area contributed by atoms with E-state index >= 15 is 0 Å². The van der Waals surface area contributed by atoms with E-state index in [2.05, 4.69) is 4.74 Å². The van der Waals surface area contributed by atoms with Crippen LogP contribution in [0.2, 0.25) is 0 Å². The quantitative estimate of drug-likeness (QED) is 0.434. The molecule has 0 rings (SSSR count). The summed E-state index contributed by atoms with van der Waals surface area (Å²) in [5.41, 5.74) is 10.0. The standard InChI is InChI=1S/C12H22N2O6/c1-8(15)19-7-12(6-13,20-9(2)16)5-4-10(14)11(17)18-3/h10H,4-7,13-14H2,1-3H3. The fourth-order valence-corrected chi connectivity index (χ4v) is 1.58. The van der Waals surface area contributed by atoms with Gasteiger partial charge in [0.1, 0.15) is 12.6 Å².